The van der Waals surface area contributed by atoms with Gasteiger partial charge in [0.25, 0.3) is 5.89 Å². The van der Waals surface area contributed by atoms with E-state index in [4.69, 9.17) is 19.7 Å². The van der Waals surface area contributed by atoms with Gasteiger partial charge in [0.15, 0.2) is 0 Å². The molecule has 1 fully saturated rings. The molecule has 20 heavy (non-hydrogen) atoms. The monoisotopic (exact) mass is 283 g/mol. The molecular formula is C14H25N3O3. The second kappa shape index (κ2) is 7.71. The maximum Gasteiger partial charge on any atom is 0.252 e. The van der Waals surface area contributed by atoms with Gasteiger partial charge >= 0.3 is 0 Å². The van der Waals surface area contributed by atoms with E-state index in [9.17, 15) is 0 Å². The molecule has 1 saturated carbocycles. The summed E-state index contributed by atoms with van der Waals surface area (Å²) in [6.07, 6.45) is 6.71. The summed E-state index contributed by atoms with van der Waals surface area (Å²) in [4.78, 5) is 4.47. The molecule has 0 saturated heterocycles. The summed E-state index contributed by atoms with van der Waals surface area (Å²) in [6.45, 7) is 3.97. The Hall–Kier alpha value is -0.980. The van der Waals surface area contributed by atoms with Gasteiger partial charge in [0.1, 0.15) is 12.2 Å². The fraction of sp³-hybridized carbons (Fsp3) is 0.857. The van der Waals surface area contributed by atoms with Crippen LogP contribution in [0.3, 0.4) is 0 Å². The van der Waals surface area contributed by atoms with Gasteiger partial charge in [-0.25, -0.2) is 0 Å². The maximum absolute atomic E-state index is 6.03. The number of rotatable bonds is 7. The van der Waals surface area contributed by atoms with Crippen molar-refractivity contribution in [3.63, 3.8) is 0 Å². The summed E-state index contributed by atoms with van der Waals surface area (Å²) in [5.41, 5.74) is 5.01. The molecule has 0 spiro atoms. The number of aromatic nitrogens is 2. The highest BCUT2D eigenvalue weighted by atomic mass is 16.5. The van der Waals surface area contributed by atoms with Crippen molar-refractivity contribution in [3.05, 3.63) is 11.7 Å². The van der Waals surface area contributed by atoms with E-state index >= 15 is 0 Å². The van der Waals surface area contributed by atoms with Crippen LogP contribution < -0.4 is 5.73 Å². The molecule has 6 nitrogen and oxygen atoms in total. The number of hydrogen-bond donors (Lipinski definition) is 1. The first-order valence-electron chi connectivity index (χ1n) is 7.55. The van der Waals surface area contributed by atoms with Gasteiger partial charge in [-0.3, -0.25) is 0 Å². The van der Waals surface area contributed by atoms with Crippen LogP contribution in [0.15, 0.2) is 4.52 Å². The highest BCUT2D eigenvalue weighted by Gasteiger charge is 2.38. The van der Waals surface area contributed by atoms with Gasteiger partial charge < -0.3 is 19.7 Å². The smallest absolute Gasteiger partial charge is 0.252 e. The van der Waals surface area contributed by atoms with Crippen LogP contribution >= 0.6 is 0 Å². The minimum Gasteiger partial charge on any atom is -0.370 e. The zero-order valence-corrected chi connectivity index (χ0v) is 12.3. The van der Waals surface area contributed by atoms with Crippen LogP contribution in [0.5, 0.6) is 0 Å². The van der Waals surface area contributed by atoms with E-state index in [2.05, 4.69) is 10.1 Å². The fourth-order valence-electron chi connectivity index (χ4n) is 2.75. The van der Waals surface area contributed by atoms with Gasteiger partial charge in [-0.05, 0) is 19.8 Å². The summed E-state index contributed by atoms with van der Waals surface area (Å²) < 4.78 is 16.6. The summed E-state index contributed by atoms with van der Waals surface area (Å²) in [7, 11) is 0. The van der Waals surface area contributed by atoms with Crippen LogP contribution in [0.25, 0.3) is 0 Å². The zero-order valence-electron chi connectivity index (χ0n) is 12.3. The molecule has 114 valence electrons. The first-order valence-corrected chi connectivity index (χ1v) is 7.55. The van der Waals surface area contributed by atoms with Crippen molar-refractivity contribution in [1.29, 1.82) is 0 Å². The zero-order chi connectivity index (χ0) is 14.3. The van der Waals surface area contributed by atoms with Gasteiger partial charge in [0.05, 0.1) is 6.61 Å². The van der Waals surface area contributed by atoms with Gasteiger partial charge in [-0.2, -0.15) is 4.98 Å². The molecular weight excluding hydrogens is 258 g/mol. The summed E-state index contributed by atoms with van der Waals surface area (Å²) in [6, 6.07) is 0. The summed E-state index contributed by atoms with van der Waals surface area (Å²) >= 11 is 0. The van der Waals surface area contributed by atoms with E-state index in [1.54, 1.807) is 0 Å². The van der Waals surface area contributed by atoms with Crippen LogP contribution in [-0.2, 0) is 21.7 Å². The van der Waals surface area contributed by atoms with Crippen LogP contribution in [0.1, 0.15) is 57.2 Å². The van der Waals surface area contributed by atoms with Crippen molar-refractivity contribution in [1.82, 2.24) is 10.1 Å². The average molecular weight is 283 g/mol. The lowest BCUT2D eigenvalue weighted by molar-refractivity contribution is -0.0636. The van der Waals surface area contributed by atoms with E-state index in [1.165, 1.54) is 12.8 Å². The van der Waals surface area contributed by atoms with Crippen LogP contribution in [0.4, 0.5) is 0 Å². The minimum absolute atomic E-state index is 0.312. The molecule has 0 aliphatic heterocycles. The number of nitrogens with two attached hydrogens (primary N) is 1. The van der Waals surface area contributed by atoms with E-state index in [1.807, 2.05) is 6.92 Å². The molecule has 1 aliphatic rings. The van der Waals surface area contributed by atoms with Crippen LogP contribution in [0, 0.1) is 0 Å². The third-order valence-corrected chi connectivity index (χ3v) is 3.70. The first-order chi connectivity index (χ1) is 9.80. The second-order valence-corrected chi connectivity index (χ2v) is 5.19. The molecule has 1 heterocycles. The van der Waals surface area contributed by atoms with Crippen molar-refractivity contribution < 1.29 is 14.0 Å². The Morgan fingerprint density at radius 3 is 2.65 bits per heavy atom. The number of ether oxygens (including phenoxy) is 2. The van der Waals surface area contributed by atoms with E-state index in [-0.39, 0.29) is 5.60 Å². The molecule has 1 aromatic heterocycles. The maximum atomic E-state index is 6.03. The Kier molecular flexibility index (Phi) is 5.94. The summed E-state index contributed by atoms with van der Waals surface area (Å²) in [5, 5.41) is 4.13. The standard InChI is InChI=1S/C14H25N3O3/c1-2-19-14(7-5-3-4-6-8-14)13-16-12(20-17-13)11-18-10-9-15/h2-11,15H2,1H3. The van der Waals surface area contributed by atoms with E-state index in [0.717, 1.165) is 25.7 Å². The Labute approximate surface area is 120 Å². The van der Waals surface area contributed by atoms with Gasteiger partial charge in [0.2, 0.25) is 5.82 Å². The molecule has 0 radical (unpaired) electrons. The fourth-order valence-corrected chi connectivity index (χ4v) is 2.75. The quantitative estimate of drug-likeness (QED) is 0.609. The van der Waals surface area contributed by atoms with Gasteiger partial charge in [-0.15, -0.1) is 0 Å². The topological polar surface area (TPSA) is 83.4 Å². The lowest BCUT2D eigenvalue weighted by Crippen LogP contribution is -2.30. The predicted molar refractivity (Wildman–Crippen MR) is 74.0 cm³/mol. The van der Waals surface area contributed by atoms with E-state index in [0.29, 0.717) is 38.1 Å². The third-order valence-electron chi connectivity index (χ3n) is 3.70. The molecule has 2 N–H and O–H groups in total. The normalized spacial score (nSPS) is 18.9. The minimum atomic E-state index is -0.374. The van der Waals surface area contributed by atoms with Crippen molar-refractivity contribution in [2.75, 3.05) is 19.8 Å². The highest BCUT2D eigenvalue weighted by Crippen LogP contribution is 2.37. The molecule has 0 atom stereocenters. The number of nitrogens with zero attached hydrogens (tertiary/aromatic N) is 2. The average Bonchev–Trinajstić information content (AvgIpc) is 2.80. The molecule has 0 aromatic carbocycles. The Morgan fingerprint density at radius 2 is 2.00 bits per heavy atom. The largest absolute Gasteiger partial charge is 0.370 e. The molecule has 0 amide bonds. The van der Waals surface area contributed by atoms with Gasteiger partial charge in [0, 0.05) is 13.2 Å². The van der Waals surface area contributed by atoms with Crippen LogP contribution in [-0.4, -0.2) is 29.9 Å². The Balaban J connectivity index is 2.08. The molecule has 0 unspecified atom stereocenters. The molecule has 2 rings (SSSR count). The molecule has 0 bridgehead atoms. The Bertz CT molecular complexity index is 387. The molecule has 1 aromatic rings. The van der Waals surface area contributed by atoms with E-state index < -0.39 is 0 Å². The second-order valence-electron chi connectivity index (χ2n) is 5.19. The number of hydrogen-bond acceptors (Lipinski definition) is 6. The lowest BCUT2D eigenvalue weighted by atomic mass is 9.93. The molecule has 1 aliphatic carbocycles. The third kappa shape index (κ3) is 3.77. The highest BCUT2D eigenvalue weighted by molar-refractivity contribution is 5.02. The lowest BCUT2D eigenvalue weighted by Gasteiger charge is -2.29. The first kappa shape index (κ1) is 15.4. The SMILES string of the molecule is CCOC1(c2noc(COCCN)n2)CCCCCC1. The van der Waals surface area contributed by atoms with Crippen molar-refractivity contribution in [2.45, 2.75) is 57.7 Å². The van der Waals surface area contributed by atoms with Crippen molar-refractivity contribution in [2.24, 2.45) is 5.73 Å². The summed E-state index contributed by atoms with van der Waals surface area (Å²) in [5.74, 6) is 1.17. The van der Waals surface area contributed by atoms with Crippen molar-refractivity contribution >= 4 is 0 Å². The predicted octanol–water partition coefficient (Wildman–Crippen LogP) is 2.13. The van der Waals surface area contributed by atoms with Crippen LogP contribution in [0.2, 0.25) is 0 Å². The van der Waals surface area contributed by atoms with Gasteiger partial charge in [-0.1, -0.05) is 30.8 Å². The Morgan fingerprint density at radius 1 is 1.25 bits per heavy atom. The van der Waals surface area contributed by atoms with Crippen molar-refractivity contribution in [3.8, 4) is 0 Å². The molecule has 6 heteroatoms.